The molecule has 0 unspecified atom stereocenters. The molecule has 23 heavy (non-hydrogen) atoms. The van der Waals surface area contributed by atoms with Crippen molar-refractivity contribution in [1.82, 2.24) is 5.32 Å². The number of nitrogen functional groups attached to an aromatic ring is 1. The number of benzene rings is 1. The summed E-state index contributed by atoms with van der Waals surface area (Å²) in [5, 5.41) is 3.37. The van der Waals surface area contributed by atoms with Gasteiger partial charge in [-0.05, 0) is 68.8 Å². The molecule has 0 saturated carbocycles. The topological polar surface area (TPSA) is 41.3 Å². The Morgan fingerprint density at radius 1 is 1.00 bits per heavy atom. The van der Waals surface area contributed by atoms with Gasteiger partial charge in [-0.25, -0.2) is 0 Å². The molecule has 3 nitrogen and oxygen atoms in total. The lowest BCUT2D eigenvalue weighted by Crippen LogP contribution is -2.40. The van der Waals surface area contributed by atoms with E-state index < -0.39 is 11.7 Å². The van der Waals surface area contributed by atoms with Gasteiger partial charge in [0.2, 0.25) is 0 Å². The minimum Gasteiger partial charge on any atom is -0.399 e. The van der Waals surface area contributed by atoms with Gasteiger partial charge in [0.25, 0.3) is 0 Å². The molecular formula is C17H24F3N3. The highest BCUT2D eigenvalue weighted by molar-refractivity contribution is 5.61. The number of nitrogens with zero attached hydrogens (tertiary/aromatic N) is 1. The average molecular weight is 327 g/mol. The fourth-order valence-corrected chi connectivity index (χ4v) is 3.98. The first-order valence-corrected chi connectivity index (χ1v) is 8.37. The number of rotatable bonds is 2. The van der Waals surface area contributed by atoms with Crippen LogP contribution in [0.5, 0.6) is 0 Å². The van der Waals surface area contributed by atoms with E-state index in [1.165, 1.54) is 18.9 Å². The van der Waals surface area contributed by atoms with Gasteiger partial charge in [-0.2, -0.15) is 13.2 Å². The van der Waals surface area contributed by atoms with Crippen molar-refractivity contribution in [2.45, 2.75) is 31.9 Å². The molecule has 0 aliphatic carbocycles. The summed E-state index contributed by atoms with van der Waals surface area (Å²) in [4.78, 5) is 1.87. The van der Waals surface area contributed by atoms with Crippen LogP contribution in [0.15, 0.2) is 18.2 Å². The molecule has 2 aliphatic heterocycles. The van der Waals surface area contributed by atoms with Crippen LogP contribution in [0.2, 0.25) is 0 Å². The Kier molecular flexibility index (Phi) is 4.71. The van der Waals surface area contributed by atoms with Crippen molar-refractivity contribution in [2.24, 2.45) is 11.8 Å². The minimum absolute atomic E-state index is 0.158. The zero-order chi connectivity index (χ0) is 16.4. The number of nitrogens with one attached hydrogen (secondary N) is 1. The Morgan fingerprint density at radius 3 is 2.22 bits per heavy atom. The van der Waals surface area contributed by atoms with Crippen molar-refractivity contribution in [3.05, 3.63) is 23.8 Å². The number of halogens is 3. The van der Waals surface area contributed by atoms with E-state index in [0.717, 1.165) is 37.9 Å². The number of anilines is 2. The van der Waals surface area contributed by atoms with Gasteiger partial charge in [-0.3, -0.25) is 0 Å². The summed E-state index contributed by atoms with van der Waals surface area (Å²) in [5.41, 5.74) is 5.37. The van der Waals surface area contributed by atoms with Crippen molar-refractivity contribution in [3.8, 4) is 0 Å². The van der Waals surface area contributed by atoms with Gasteiger partial charge in [-0.15, -0.1) is 0 Å². The second-order valence-electron chi connectivity index (χ2n) is 6.69. The van der Waals surface area contributed by atoms with Gasteiger partial charge in [0.05, 0.1) is 5.56 Å². The molecule has 0 spiro atoms. The third kappa shape index (κ3) is 3.74. The number of hydrogen-bond donors (Lipinski definition) is 2. The molecule has 0 bridgehead atoms. The lowest BCUT2D eigenvalue weighted by atomic mass is 9.79. The summed E-state index contributed by atoms with van der Waals surface area (Å²) in [7, 11) is 0. The van der Waals surface area contributed by atoms with E-state index in [9.17, 15) is 13.2 Å². The average Bonchev–Trinajstić information content (AvgIpc) is 2.55. The van der Waals surface area contributed by atoms with Gasteiger partial charge in [0, 0.05) is 24.5 Å². The Hall–Kier alpha value is -1.43. The summed E-state index contributed by atoms with van der Waals surface area (Å²) in [5.74, 6) is 1.38. The molecule has 0 atom stereocenters. The van der Waals surface area contributed by atoms with Gasteiger partial charge in [0.15, 0.2) is 0 Å². The lowest BCUT2D eigenvalue weighted by molar-refractivity contribution is -0.137. The van der Waals surface area contributed by atoms with Crippen LogP contribution in [0, 0.1) is 11.8 Å². The smallest absolute Gasteiger partial charge is 0.399 e. The van der Waals surface area contributed by atoms with Crippen molar-refractivity contribution in [1.29, 1.82) is 0 Å². The maximum absolute atomic E-state index is 13.3. The van der Waals surface area contributed by atoms with Crippen LogP contribution in [-0.4, -0.2) is 26.2 Å². The van der Waals surface area contributed by atoms with Gasteiger partial charge in [0.1, 0.15) is 0 Å². The predicted octanol–water partition coefficient (Wildman–Crippen LogP) is 3.50. The number of alkyl halides is 3. The van der Waals surface area contributed by atoms with Crippen LogP contribution < -0.4 is 16.0 Å². The first kappa shape index (κ1) is 16.4. The molecule has 3 rings (SSSR count). The predicted molar refractivity (Wildman–Crippen MR) is 86.4 cm³/mol. The maximum atomic E-state index is 13.3. The maximum Gasteiger partial charge on any atom is 0.418 e. The van der Waals surface area contributed by atoms with Crippen LogP contribution in [0.1, 0.15) is 31.2 Å². The molecule has 2 aliphatic rings. The van der Waals surface area contributed by atoms with E-state index in [2.05, 4.69) is 5.32 Å². The molecule has 128 valence electrons. The largest absolute Gasteiger partial charge is 0.418 e. The first-order valence-electron chi connectivity index (χ1n) is 8.37. The summed E-state index contributed by atoms with van der Waals surface area (Å²) >= 11 is 0. The fraction of sp³-hybridized carbons (Fsp3) is 0.647. The molecule has 6 heteroatoms. The third-order valence-corrected chi connectivity index (χ3v) is 5.26. The highest BCUT2D eigenvalue weighted by Crippen LogP contribution is 2.40. The molecule has 2 saturated heterocycles. The third-order valence-electron chi connectivity index (χ3n) is 5.26. The van der Waals surface area contributed by atoms with Crippen LogP contribution >= 0.6 is 0 Å². The number of nitrogens with two attached hydrogens (primary N) is 1. The quantitative estimate of drug-likeness (QED) is 0.817. The number of hydrogen-bond acceptors (Lipinski definition) is 3. The summed E-state index contributed by atoms with van der Waals surface area (Å²) in [6.07, 6.45) is -0.0179. The van der Waals surface area contributed by atoms with E-state index in [0.29, 0.717) is 19.0 Å². The molecule has 0 aromatic heterocycles. The molecular weight excluding hydrogens is 303 g/mol. The minimum atomic E-state index is -4.36. The van der Waals surface area contributed by atoms with Crippen molar-refractivity contribution < 1.29 is 13.2 Å². The molecule has 3 N–H and O–H groups in total. The van der Waals surface area contributed by atoms with Crippen LogP contribution in [0.4, 0.5) is 24.5 Å². The zero-order valence-electron chi connectivity index (χ0n) is 13.2. The van der Waals surface area contributed by atoms with E-state index in [1.54, 1.807) is 6.07 Å². The molecule has 2 heterocycles. The summed E-state index contributed by atoms with van der Waals surface area (Å²) in [6.45, 7) is 3.53. The van der Waals surface area contributed by atoms with E-state index in [4.69, 9.17) is 5.73 Å². The van der Waals surface area contributed by atoms with Crippen molar-refractivity contribution in [2.75, 3.05) is 36.8 Å². The van der Waals surface area contributed by atoms with Gasteiger partial charge in [-0.1, -0.05) is 0 Å². The van der Waals surface area contributed by atoms with E-state index in [-0.39, 0.29) is 11.4 Å². The zero-order valence-corrected chi connectivity index (χ0v) is 13.2. The highest BCUT2D eigenvalue weighted by Gasteiger charge is 2.36. The fourth-order valence-electron chi connectivity index (χ4n) is 3.98. The summed E-state index contributed by atoms with van der Waals surface area (Å²) in [6, 6.07) is 4.13. The molecule has 0 radical (unpaired) electrons. The van der Waals surface area contributed by atoms with Gasteiger partial charge < -0.3 is 16.0 Å². The monoisotopic (exact) mass is 327 g/mol. The van der Waals surface area contributed by atoms with E-state index in [1.807, 2.05) is 4.90 Å². The van der Waals surface area contributed by atoms with E-state index >= 15 is 0 Å². The first-order chi connectivity index (χ1) is 10.9. The number of piperidine rings is 2. The highest BCUT2D eigenvalue weighted by atomic mass is 19.4. The second kappa shape index (κ2) is 6.59. The SMILES string of the molecule is Nc1ccc(N2CCC(C3CCNCC3)CC2)c(C(F)(F)F)c1. The Balaban J connectivity index is 1.70. The van der Waals surface area contributed by atoms with Crippen LogP contribution in [-0.2, 0) is 6.18 Å². The van der Waals surface area contributed by atoms with Crippen molar-refractivity contribution >= 4 is 11.4 Å². The van der Waals surface area contributed by atoms with Crippen LogP contribution in [0.3, 0.4) is 0 Å². The second-order valence-corrected chi connectivity index (χ2v) is 6.69. The Morgan fingerprint density at radius 2 is 1.61 bits per heavy atom. The standard InChI is InChI=1S/C17H24F3N3/c18-17(19,20)15-11-14(21)1-2-16(15)23-9-5-13(6-10-23)12-3-7-22-8-4-12/h1-2,11-13,22H,3-10,21H2. The van der Waals surface area contributed by atoms with Crippen LogP contribution in [0.25, 0.3) is 0 Å². The lowest BCUT2D eigenvalue weighted by Gasteiger charge is -2.39. The Labute approximate surface area is 135 Å². The molecule has 1 aromatic rings. The molecule has 2 fully saturated rings. The molecule has 0 amide bonds. The normalized spacial score (nSPS) is 21.6. The molecule has 1 aromatic carbocycles. The summed E-state index contributed by atoms with van der Waals surface area (Å²) < 4.78 is 39.8. The Bertz CT molecular complexity index is 530. The van der Waals surface area contributed by atoms with Crippen molar-refractivity contribution in [3.63, 3.8) is 0 Å². The van der Waals surface area contributed by atoms with Gasteiger partial charge >= 0.3 is 6.18 Å².